The van der Waals surface area contributed by atoms with E-state index in [1.165, 1.54) is 64.2 Å². The van der Waals surface area contributed by atoms with Crippen LogP contribution in [0.5, 0.6) is 0 Å². The first kappa shape index (κ1) is 17.2. The normalized spacial score (nSPS) is 27.4. The third-order valence-electron chi connectivity index (χ3n) is 5.27. The Morgan fingerprint density at radius 3 is 2.48 bits per heavy atom. The Bertz CT molecular complexity index is 268. The van der Waals surface area contributed by atoms with Crippen LogP contribution in [0.3, 0.4) is 0 Å². The molecule has 1 saturated heterocycles. The summed E-state index contributed by atoms with van der Waals surface area (Å²) < 4.78 is 12.2. The van der Waals surface area contributed by atoms with Crippen LogP contribution in [0, 0.1) is 0 Å². The van der Waals surface area contributed by atoms with E-state index in [0.29, 0.717) is 12.1 Å². The quantitative estimate of drug-likeness (QED) is 0.686. The molecule has 1 aliphatic carbocycles. The maximum absolute atomic E-state index is 6.38. The van der Waals surface area contributed by atoms with Gasteiger partial charge >= 0.3 is 0 Å². The summed E-state index contributed by atoms with van der Waals surface area (Å²) in [5.74, 6) is 0. The number of rotatable bonds is 8. The lowest BCUT2D eigenvalue weighted by Crippen LogP contribution is -2.52. The lowest BCUT2D eigenvalue weighted by atomic mass is 9.82. The summed E-state index contributed by atoms with van der Waals surface area (Å²) >= 11 is 0. The summed E-state index contributed by atoms with van der Waals surface area (Å²) in [6.45, 7) is 7.20. The molecule has 0 aromatic carbocycles. The number of hydrogen-bond acceptors (Lipinski definition) is 3. The summed E-state index contributed by atoms with van der Waals surface area (Å²) in [4.78, 5) is 0. The highest BCUT2D eigenvalue weighted by molar-refractivity contribution is 4.95. The van der Waals surface area contributed by atoms with E-state index >= 15 is 0 Å². The molecule has 1 heterocycles. The molecule has 2 atom stereocenters. The molecular formula is C18H35NO2. The average molecular weight is 297 g/mol. The van der Waals surface area contributed by atoms with Gasteiger partial charge in [-0.3, -0.25) is 0 Å². The lowest BCUT2D eigenvalue weighted by molar-refractivity contribution is -0.0804. The molecule has 1 aliphatic heterocycles. The van der Waals surface area contributed by atoms with Gasteiger partial charge in [-0.2, -0.15) is 0 Å². The molecule has 1 N–H and O–H groups in total. The Morgan fingerprint density at radius 1 is 1.14 bits per heavy atom. The van der Waals surface area contributed by atoms with Crippen molar-refractivity contribution in [3.8, 4) is 0 Å². The van der Waals surface area contributed by atoms with E-state index in [-0.39, 0.29) is 5.60 Å². The van der Waals surface area contributed by atoms with Gasteiger partial charge in [0.25, 0.3) is 0 Å². The fraction of sp³-hybridized carbons (Fsp3) is 1.00. The molecule has 0 aromatic rings. The minimum absolute atomic E-state index is 0.0693. The third-order valence-corrected chi connectivity index (χ3v) is 5.27. The summed E-state index contributed by atoms with van der Waals surface area (Å²) in [6, 6.07) is 0.491. The first-order valence-electron chi connectivity index (χ1n) is 9.29. The van der Waals surface area contributed by atoms with Crippen LogP contribution in [0.15, 0.2) is 0 Å². The van der Waals surface area contributed by atoms with Crippen molar-refractivity contribution in [2.24, 2.45) is 0 Å². The lowest BCUT2D eigenvalue weighted by Gasteiger charge is -2.41. The topological polar surface area (TPSA) is 30.5 Å². The molecule has 2 rings (SSSR count). The molecule has 0 radical (unpaired) electrons. The molecule has 0 spiro atoms. The van der Waals surface area contributed by atoms with E-state index in [9.17, 15) is 0 Å². The van der Waals surface area contributed by atoms with E-state index in [0.717, 1.165) is 19.8 Å². The molecule has 2 aliphatic rings. The van der Waals surface area contributed by atoms with Gasteiger partial charge in [0.2, 0.25) is 0 Å². The van der Waals surface area contributed by atoms with Crippen LogP contribution in [0.25, 0.3) is 0 Å². The minimum atomic E-state index is 0.0693. The summed E-state index contributed by atoms with van der Waals surface area (Å²) in [5, 5.41) is 3.75. The first-order valence-corrected chi connectivity index (χ1v) is 9.29. The van der Waals surface area contributed by atoms with Crippen molar-refractivity contribution >= 4 is 0 Å². The molecule has 1 saturated carbocycles. The second-order valence-corrected chi connectivity index (χ2v) is 6.73. The second-order valence-electron chi connectivity index (χ2n) is 6.73. The molecule has 3 heteroatoms. The van der Waals surface area contributed by atoms with Crippen molar-refractivity contribution in [2.75, 3.05) is 19.8 Å². The van der Waals surface area contributed by atoms with Gasteiger partial charge in [0.1, 0.15) is 0 Å². The Hall–Kier alpha value is -0.120. The third kappa shape index (κ3) is 4.94. The molecule has 3 nitrogen and oxygen atoms in total. The number of likely N-dealkylation sites (N-methyl/N-ethyl adjacent to an activating group) is 1. The number of nitrogens with one attached hydrogen (secondary N) is 1. The molecule has 2 unspecified atom stereocenters. The van der Waals surface area contributed by atoms with Crippen molar-refractivity contribution in [3.63, 3.8) is 0 Å². The zero-order chi connectivity index (χ0) is 15.0. The maximum atomic E-state index is 6.38. The number of hydrogen-bond donors (Lipinski definition) is 1. The monoisotopic (exact) mass is 297 g/mol. The Kier molecular flexibility index (Phi) is 7.48. The predicted octanol–water partition coefficient (Wildman–Crippen LogP) is 4.05. The van der Waals surface area contributed by atoms with Crippen LogP contribution in [0.1, 0.15) is 78.1 Å². The highest BCUT2D eigenvalue weighted by Gasteiger charge is 2.39. The SMILES string of the molecule is CCNC(CCC1CCCO1)C1(OCC)CCCCCC1. The molecule has 0 aromatic heterocycles. The van der Waals surface area contributed by atoms with Crippen molar-refractivity contribution in [1.29, 1.82) is 0 Å². The van der Waals surface area contributed by atoms with E-state index < -0.39 is 0 Å². The molecule has 0 bridgehead atoms. The van der Waals surface area contributed by atoms with Gasteiger partial charge in [0.15, 0.2) is 0 Å². The molecule has 2 fully saturated rings. The van der Waals surface area contributed by atoms with Crippen LogP contribution < -0.4 is 5.32 Å². The Labute approximate surface area is 131 Å². The molecule has 21 heavy (non-hydrogen) atoms. The van der Waals surface area contributed by atoms with Gasteiger partial charge in [-0.1, -0.05) is 32.6 Å². The van der Waals surface area contributed by atoms with Gasteiger partial charge in [-0.05, 0) is 52.0 Å². The van der Waals surface area contributed by atoms with Gasteiger partial charge < -0.3 is 14.8 Å². The van der Waals surface area contributed by atoms with Crippen molar-refractivity contribution < 1.29 is 9.47 Å². The first-order chi connectivity index (χ1) is 10.3. The van der Waals surface area contributed by atoms with Crippen LogP contribution in [-0.4, -0.2) is 37.5 Å². The van der Waals surface area contributed by atoms with E-state index in [4.69, 9.17) is 9.47 Å². The fourth-order valence-corrected chi connectivity index (χ4v) is 4.23. The van der Waals surface area contributed by atoms with Crippen LogP contribution in [0.4, 0.5) is 0 Å². The van der Waals surface area contributed by atoms with Crippen molar-refractivity contribution in [3.05, 3.63) is 0 Å². The van der Waals surface area contributed by atoms with Gasteiger partial charge in [-0.25, -0.2) is 0 Å². The van der Waals surface area contributed by atoms with Crippen LogP contribution in [0.2, 0.25) is 0 Å². The zero-order valence-electron chi connectivity index (χ0n) is 14.2. The van der Waals surface area contributed by atoms with Crippen molar-refractivity contribution in [1.82, 2.24) is 5.32 Å². The maximum Gasteiger partial charge on any atom is 0.0834 e. The van der Waals surface area contributed by atoms with Gasteiger partial charge in [0, 0.05) is 19.3 Å². The van der Waals surface area contributed by atoms with E-state index in [2.05, 4.69) is 19.2 Å². The molecule has 0 amide bonds. The highest BCUT2D eigenvalue weighted by atomic mass is 16.5. The van der Waals surface area contributed by atoms with Gasteiger partial charge in [-0.15, -0.1) is 0 Å². The largest absolute Gasteiger partial charge is 0.378 e. The summed E-state index contributed by atoms with van der Waals surface area (Å²) in [7, 11) is 0. The molecule has 124 valence electrons. The standard InChI is InChI=1S/C18H35NO2/c1-3-19-17(12-11-16-10-9-15-20-16)18(21-4-2)13-7-5-6-8-14-18/h16-17,19H,3-15H2,1-2H3. The van der Waals surface area contributed by atoms with Crippen LogP contribution >= 0.6 is 0 Å². The average Bonchev–Trinajstić information content (AvgIpc) is 2.89. The summed E-state index contributed by atoms with van der Waals surface area (Å²) in [6.07, 6.45) is 13.2. The zero-order valence-corrected chi connectivity index (χ0v) is 14.2. The van der Waals surface area contributed by atoms with Crippen LogP contribution in [-0.2, 0) is 9.47 Å². The second kappa shape index (κ2) is 9.12. The van der Waals surface area contributed by atoms with E-state index in [1.807, 2.05) is 0 Å². The molecular weight excluding hydrogens is 262 g/mol. The highest BCUT2D eigenvalue weighted by Crippen LogP contribution is 2.36. The van der Waals surface area contributed by atoms with Crippen molar-refractivity contribution in [2.45, 2.75) is 95.8 Å². The Morgan fingerprint density at radius 2 is 1.90 bits per heavy atom. The van der Waals surface area contributed by atoms with Gasteiger partial charge in [0.05, 0.1) is 11.7 Å². The van der Waals surface area contributed by atoms with E-state index in [1.54, 1.807) is 0 Å². The fourth-order valence-electron chi connectivity index (χ4n) is 4.23. The Balaban J connectivity index is 1.99. The summed E-state index contributed by atoms with van der Waals surface area (Å²) in [5.41, 5.74) is 0.0693. The minimum Gasteiger partial charge on any atom is -0.378 e. The number of ether oxygens (including phenoxy) is 2. The predicted molar refractivity (Wildman–Crippen MR) is 87.7 cm³/mol. The smallest absolute Gasteiger partial charge is 0.0834 e.